The van der Waals surface area contributed by atoms with Gasteiger partial charge < -0.3 is 0 Å². The molecule has 0 aliphatic rings. The van der Waals surface area contributed by atoms with Gasteiger partial charge in [-0.1, -0.05) is 18.2 Å². The first-order valence-corrected chi connectivity index (χ1v) is 7.36. The number of nitrogens with zero attached hydrogens (tertiary/aromatic N) is 2. The second kappa shape index (κ2) is 8.00. The molecule has 0 atom stereocenters. The fourth-order valence-electron chi connectivity index (χ4n) is 1.71. The molecule has 7 heteroatoms. The number of halogens is 1. The molecule has 2 aromatic carbocycles. The van der Waals surface area contributed by atoms with E-state index in [9.17, 15) is 14.9 Å². The Labute approximate surface area is 140 Å². The molecule has 2 aromatic rings. The zero-order valence-electron chi connectivity index (χ0n) is 11.8. The number of hydrogen-bond donors (Lipinski definition) is 1. The first-order chi connectivity index (χ1) is 11.1. The summed E-state index contributed by atoms with van der Waals surface area (Å²) in [4.78, 5) is 21.9. The maximum Gasteiger partial charge on any atom is 0.272 e. The van der Waals surface area contributed by atoms with Crippen LogP contribution in [0.1, 0.15) is 15.9 Å². The Morgan fingerprint density at radius 2 is 1.87 bits per heavy atom. The van der Waals surface area contributed by atoms with Gasteiger partial charge in [-0.25, -0.2) is 5.43 Å². The Hall–Kier alpha value is -2.80. The number of hydrogen-bond acceptors (Lipinski definition) is 4. The molecule has 0 spiro atoms. The first kappa shape index (κ1) is 16.6. The van der Waals surface area contributed by atoms with Crippen molar-refractivity contribution < 1.29 is 9.72 Å². The van der Waals surface area contributed by atoms with Crippen molar-refractivity contribution in [2.45, 2.75) is 0 Å². The highest BCUT2D eigenvalue weighted by atomic mass is 79.9. The van der Waals surface area contributed by atoms with Gasteiger partial charge in [0.1, 0.15) is 0 Å². The van der Waals surface area contributed by atoms with Crippen LogP contribution in [0.25, 0.3) is 6.08 Å². The Balaban J connectivity index is 1.90. The summed E-state index contributed by atoms with van der Waals surface area (Å²) in [6.07, 6.45) is 4.77. The number of carbonyl (C=O) groups is 1. The van der Waals surface area contributed by atoms with E-state index in [1.807, 2.05) is 6.07 Å². The molecule has 0 fully saturated rings. The average Bonchev–Trinajstić information content (AvgIpc) is 2.55. The Morgan fingerprint density at radius 1 is 1.17 bits per heavy atom. The molecule has 0 saturated heterocycles. The smallest absolute Gasteiger partial charge is 0.267 e. The highest BCUT2D eigenvalue weighted by Crippen LogP contribution is 2.15. The molecule has 0 heterocycles. The van der Waals surface area contributed by atoms with Crippen LogP contribution in [-0.4, -0.2) is 17.0 Å². The lowest BCUT2D eigenvalue weighted by Gasteiger charge is -2.01. The summed E-state index contributed by atoms with van der Waals surface area (Å²) in [6, 6.07) is 13.1. The lowest BCUT2D eigenvalue weighted by Crippen LogP contribution is -2.17. The van der Waals surface area contributed by atoms with Gasteiger partial charge >= 0.3 is 0 Å². The van der Waals surface area contributed by atoms with Gasteiger partial charge in [-0.15, -0.1) is 0 Å². The van der Waals surface area contributed by atoms with Crippen LogP contribution in [0.5, 0.6) is 0 Å². The molecule has 1 amide bonds. The van der Waals surface area contributed by atoms with Gasteiger partial charge in [-0.3, -0.25) is 14.9 Å². The molecule has 0 aliphatic carbocycles. The second-order valence-electron chi connectivity index (χ2n) is 4.41. The van der Waals surface area contributed by atoms with Crippen molar-refractivity contribution in [1.82, 2.24) is 5.43 Å². The highest BCUT2D eigenvalue weighted by molar-refractivity contribution is 9.10. The second-order valence-corrected chi connectivity index (χ2v) is 5.26. The number of carbonyl (C=O) groups excluding carboxylic acids is 1. The minimum atomic E-state index is -0.452. The number of nitro groups is 1. The SMILES string of the molecule is O=C(NN=CC=Cc1ccc([N+](=O)[O-])cc1)c1ccccc1Br. The Morgan fingerprint density at radius 3 is 2.52 bits per heavy atom. The monoisotopic (exact) mass is 373 g/mol. The van der Waals surface area contributed by atoms with Crippen molar-refractivity contribution in [3.63, 3.8) is 0 Å². The summed E-state index contributed by atoms with van der Waals surface area (Å²) in [5.74, 6) is -0.322. The third kappa shape index (κ3) is 4.86. The highest BCUT2D eigenvalue weighted by Gasteiger charge is 2.07. The van der Waals surface area contributed by atoms with Gasteiger partial charge in [0.05, 0.1) is 10.5 Å². The molecule has 6 nitrogen and oxygen atoms in total. The molecule has 116 valence electrons. The van der Waals surface area contributed by atoms with Crippen LogP contribution >= 0.6 is 15.9 Å². The largest absolute Gasteiger partial charge is 0.272 e. The van der Waals surface area contributed by atoms with Crippen LogP contribution in [0.2, 0.25) is 0 Å². The quantitative estimate of drug-likeness (QED) is 0.491. The van der Waals surface area contributed by atoms with Crippen molar-refractivity contribution in [1.29, 1.82) is 0 Å². The van der Waals surface area contributed by atoms with Gasteiger partial charge in [0.15, 0.2) is 0 Å². The van der Waals surface area contributed by atoms with E-state index < -0.39 is 4.92 Å². The number of hydrazone groups is 1. The lowest BCUT2D eigenvalue weighted by molar-refractivity contribution is -0.384. The number of rotatable bonds is 5. The van der Waals surface area contributed by atoms with Crippen molar-refractivity contribution in [2.75, 3.05) is 0 Å². The third-order valence-corrected chi connectivity index (χ3v) is 3.53. The van der Waals surface area contributed by atoms with Crippen molar-refractivity contribution >= 4 is 39.8 Å². The molecule has 0 aliphatic heterocycles. The summed E-state index contributed by atoms with van der Waals surface area (Å²) >= 11 is 3.29. The normalized spacial score (nSPS) is 11.0. The molecular weight excluding hydrogens is 362 g/mol. The van der Waals surface area contributed by atoms with Crippen LogP contribution in [0.4, 0.5) is 5.69 Å². The number of benzene rings is 2. The molecule has 2 rings (SSSR count). The maximum absolute atomic E-state index is 11.9. The van der Waals surface area contributed by atoms with Crippen molar-refractivity contribution in [2.24, 2.45) is 5.10 Å². The minimum absolute atomic E-state index is 0.0384. The lowest BCUT2D eigenvalue weighted by atomic mass is 10.2. The van der Waals surface area contributed by atoms with E-state index in [4.69, 9.17) is 0 Å². The van der Waals surface area contributed by atoms with E-state index >= 15 is 0 Å². The van der Waals surface area contributed by atoms with Crippen LogP contribution < -0.4 is 5.43 Å². The van der Waals surface area contributed by atoms with Gasteiger partial charge in [-0.05, 0) is 51.8 Å². The van der Waals surface area contributed by atoms with Gasteiger partial charge in [0, 0.05) is 22.8 Å². The van der Waals surface area contributed by atoms with Gasteiger partial charge in [0.25, 0.3) is 11.6 Å². The minimum Gasteiger partial charge on any atom is -0.267 e. The molecular formula is C16H12BrN3O3. The van der Waals surface area contributed by atoms with E-state index in [0.717, 1.165) is 5.56 Å². The fourth-order valence-corrected chi connectivity index (χ4v) is 2.17. The molecule has 0 saturated carbocycles. The topological polar surface area (TPSA) is 84.6 Å². The predicted molar refractivity (Wildman–Crippen MR) is 92.2 cm³/mol. The Kier molecular flexibility index (Phi) is 5.76. The zero-order chi connectivity index (χ0) is 16.7. The zero-order valence-corrected chi connectivity index (χ0v) is 13.4. The van der Waals surface area contributed by atoms with E-state index in [1.54, 1.807) is 42.5 Å². The maximum atomic E-state index is 11.9. The molecule has 0 bridgehead atoms. The summed E-state index contributed by atoms with van der Waals surface area (Å²) < 4.78 is 0.689. The first-order valence-electron chi connectivity index (χ1n) is 6.57. The van der Waals surface area contributed by atoms with Gasteiger partial charge in [0.2, 0.25) is 0 Å². The van der Waals surface area contributed by atoms with Crippen LogP contribution in [0.3, 0.4) is 0 Å². The van der Waals surface area contributed by atoms with Crippen LogP contribution in [0.15, 0.2) is 64.2 Å². The summed E-state index contributed by atoms with van der Waals surface area (Å²) in [5, 5.41) is 14.3. The Bertz CT molecular complexity index is 770. The predicted octanol–water partition coefficient (Wildman–Crippen LogP) is 3.79. The van der Waals surface area contributed by atoms with E-state index in [0.29, 0.717) is 10.0 Å². The molecule has 0 aromatic heterocycles. The summed E-state index contributed by atoms with van der Waals surface area (Å²) in [6.45, 7) is 0. The van der Waals surface area contributed by atoms with E-state index in [2.05, 4.69) is 26.5 Å². The molecule has 1 N–H and O–H groups in total. The van der Waals surface area contributed by atoms with Crippen molar-refractivity contribution in [3.05, 3.63) is 80.3 Å². The number of nitro benzene ring substituents is 1. The third-order valence-electron chi connectivity index (χ3n) is 2.84. The average molecular weight is 374 g/mol. The molecule has 0 radical (unpaired) electrons. The van der Waals surface area contributed by atoms with E-state index in [-0.39, 0.29) is 11.6 Å². The standard InChI is InChI=1S/C16H12BrN3O3/c17-15-6-2-1-5-14(15)16(21)19-18-11-3-4-12-7-9-13(10-8-12)20(22)23/h1-11H,(H,19,21). The number of nitrogens with one attached hydrogen (secondary N) is 1. The number of allylic oxidation sites excluding steroid dienone is 1. The molecule has 23 heavy (non-hydrogen) atoms. The van der Waals surface area contributed by atoms with Crippen LogP contribution in [0, 0.1) is 10.1 Å². The van der Waals surface area contributed by atoms with Crippen molar-refractivity contribution in [3.8, 4) is 0 Å². The molecule has 0 unspecified atom stereocenters. The number of amides is 1. The number of non-ortho nitro benzene ring substituents is 1. The summed E-state index contributed by atoms with van der Waals surface area (Å²) in [5.41, 5.74) is 3.73. The van der Waals surface area contributed by atoms with E-state index in [1.165, 1.54) is 18.3 Å². The van der Waals surface area contributed by atoms with Gasteiger partial charge in [-0.2, -0.15) is 5.10 Å². The fraction of sp³-hybridized carbons (Fsp3) is 0. The summed E-state index contributed by atoms with van der Waals surface area (Å²) in [7, 11) is 0. The van der Waals surface area contributed by atoms with Crippen LogP contribution in [-0.2, 0) is 0 Å².